The summed E-state index contributed by atoms with van der Waals surface area (Å²) in [4.78, 5) is 25.4. The lowest BCUT2D eigenvalue weighted by molar-refractivity contribution is -0.533. The van der Waals surface area contributed by atoms with E-state index in [2.05, 4.69) is 10.1 Å². The van der Waals surface area contributed by atoms with E-state index in [0.29, 0.717) is 19.4 Å². The normalized spacial score (nSPS) is 17.2. The topological polar surface area (TPSA) is 117 Å². The van der Waals surface area contributed by atoms with Crippen molar-refractivity contribution in [2.75, 3.05) is 0 Å². The van der Waals surface area contributed by atoms with Crippen LogP contribution in [0, 0.1) is 20.2 Å². The summed E-state index contributed by atoms with van der Waals surface area (Å²) >= 11 is 0. The molecule has 9 nitrogen and oxygen atoms in total. The average molecular weight is 289 g/mol. The minimum atomic E-state index is -0.900. The van der Waals surface area contributed by atoms with E-state index in [0.717, 1.165) is 0 Å². The van der Waals surface area contributed by atoms with Crippen molar-refractivity contribution in [2.45, 2.75) is 25.4 Å². The van der Waals surface area contributed by atoms with Crippen LogP contribution in [0.1, 0.15) is 24.7 Å². The van der Waals surface area contributed by atoms with E-state index in [1.165, 1.54) is 10.7 Å². The summed E-state index contributed by atoms with van der Waals surface area (Å²) in [7, 11) is 0. The summed E-state index contributed by atoms with van der Waals surface area (Å²) in [6.07, 6.45) is 1.04. The molecule has 2 aromatic rings. The van der Waals surface area contributed by atoms with Crippen LogP contribution in [0.25, 0.3) is 11.4 Å². The summed E-state index contributed by atoms with van der Waals surface area (Å²) in [6, 6.07) is 5.20. The van der Waals surface area contributed by atoms with Gasteiger partial charge in [-0.05, 0) is 12.5 Å². The first-order chi connectivity index (χ1) is 10.1. The van der Waals surface area contributed by atoms with Crippen LogP contribution in [0.4, 0.5) is 5.69 Å². The molecule has 1 aromatic carbocycles. The number of hydrogen-bond acceptors (Lipinski definition) is 6. The van der Waals surface area contributed by atoms with E-state index in [4.69, 9.17) is 0 Å². The van der Waals surface area contributed by atoms with Crippen LogP contribution in [0.5, 0.6) is 0 Å². The predicted molar refractivity (Wildman–Crippen MR) is 71.1 cm³/mol. The molecule has 1 atom stereocenters. The molecule has 108 valence electrons. The Hall–Kier alpha value is -2.84. The van der Waals surface area contributed by atoms with Gasteiger partial charge in [0, 0.05) is 24.0 Å². The third kappa shape index (κ3) is 2.22. The summed E-state index contributed by atoms with van der Waals surface area (Å²) in [5.41, 5.74) is 0.157. The van der Waals surface area contributed by atoms with Crippen molar-refractivity contribution in [3.05, 3.63) is 50.3 Å². The van der Waals surface area contributed by atoms with E-state index >= 15 is 0 Å². The number of hydrogen-bond donors (Lipinski definition) is 0. The third-order valence-corrected chi connectivity index (χ3v) is 3.44. The number of para-hydroxylation sites is 1. The Labute approximate surface area is 118 Å². The molecule has 0 amide bonds. The molecule has 0 N–H and O–H groups in total. The molecule has 0 radical (unpaired) electrons. The van der Waals surface area contributed by atoms with Gasteiger partial charge in [0.15, 0.2) is 5.82 Å². The molecule has 0 bridgehead atoms. The number of rotatable bonds is 3. The van der Waals surface area contributed by atoms with Gasteiger partial charge >= 0.3 is 0 Å². The van der Waals surface area contributed by atoms with Crippen LogP contribution in [-0.2, 0) is 6.54 Å². The molecular formula is C12H11N5O4. The molecule has 1 unspecified atom stereocenters. The van der Waals surface area contributed by atoms with Crippen molar-refractivity contribution in [2.24, 2.45) is 0 Å². The van der Waals surface area contributed by atoms with Gasteiger partial charge in [0.2, 0.25) is 5.82 Å². The maximum Gasteiger partial charge on any atom is 0.280 e. The number of nitrogens with zero attached hydrogens (tertiary/aromatic N) is 5. The minimum absolute atomic E-state index is 0.113. The molecule has 9 heteroatoms. The van der Waals surface area contributed by atoms with Crippen molar-refractivity contribution in [1.82, 2.24) is 14.8 Å². The summed E-state index contributed by atoms with van der Waals surface area (Å²) in [6.45, 7) is 0.535. The van der Waals surface area contributed by atoms with Crippen LogP contribution >= 0.6 is 0 Å². The van der Waals surface area contributed by atoms with Gasteiger partial charge in [0.05, 0.1) is 10.5 Å². The Bertz CT molecular complexity index is 726. The van der Waals surface area contributed by atoms with Crippen LogP contribution in [0.3, 0.4) is 0 Å². The summed E-state index contributed by atoms with van der Waals surface area (Å²) < 4.78 is 1.48. The van der Waals surface area contributed by atoms with Gasteiger partial charge in [-0.15, -0.1) is 0 Å². The highest BCUT2D eigenvalue weighted by molar-refractivity contribution is 5.67. The molecule has 0 saturated carbocycles. The van der Waals surface area contributed by atoms with E-state index in [-0.39, 0.29) is 27.8 Å². The lowest BCUT2D eigenvalue weighted by atomic mass is 10.1. The number of nitro benzene ring substituents is 1. The Kier molecular flexibility index (Phi) is 3.09. The van der Waals surface area contributed by atoms with Crippen molar-refractivity contribution in [3.63, 3.8) is 0 Å². The van der Waals surface area contributed by atoms with Gasteiger partial charge < -0.3 is 0 Å². The summed E-state index contributed by atoms with van der Waals surface area (Å²) in [5, 5.41) is 26.3. The second-order valence-corrected chi connectivity index (χ2v) is 4.73. The first-order valence-corrected chi connectivity index (χ1v) is 6.40. The Balaban J connectivity index is 2.10. The monoisotopic (exact) mass is 289 g/mol. The van der Waals surface area contributed by atoms with E-state index in [9.17, 15) is 20.2 Å². The van der Waals surface area contributed by atoms with E-state index < -0.39 is 11.0 Å². The Morgan fingerprint density at radius 1 is 1.24 bits per heavy atom. The molecule has 0 aliphatic carbocycles. The van der Waals surface area contributed by atoms with Gasteiger partial charge in [-0.3, -0.25) is 20.2 Å². The second kappa shape index (κ2) is 4.93. The van der Waals surface area contributed by atoms with Gasteiger partial charge in [0.1, 0.15) is 0 Å². The molecule has 1 aromatic heterocycles. The van der Waals surface area contributed by atoms with Crippen molar-refractivity contribution >= 4 is 5.69 Å². The smallest absolute Gasteiger partial charge is 0.264 e. The maximum absolute atomic E-state index is 11.1. The highest BCUT2D eigenvalue weighted by atomic mass is 16.6. The quantitative estimate of drug-likeness (QED) is 0.629. The lowest BCUT2D eigenvalue weighted by Gasteiger charge is -2.15. The Morgan fingerprint density at radius 3 is 2.71 bits per heavy atom. The zero-order valence-electron chi connectivity index (χ0n) is 10.9. The molecular weight excluding hydrogens is 278 g/mol. The van der Waals surface area contributed by atoms with Crippen LogP contribution < -0.4 is 0 Å². The van der Waals surface area contributed by atoms with Crippen LogP contribution in [-0.4, -0.2) is 24.6 Å². The van der Waals surface area contributed by atoms with Gasteiger partial charge in [0.25, 0.3) is 11.7 Å². The Morgan fingerprint density at radius 2 is 2.00 bits per heavy atom. The van der Waals surface area contributed by atoms with Crippen molar-refractivity contribution in [3.8, 4) is 11.4 Å². The SMILES string of the molecule is O=[N+]([O-])c1ccccc1-c1nc2n(n1)CCCC2[N+](=O)[O-]. The first kappa shape index (κ1) is 13.2. The molecule has 1 aliphatic rings. The van der Waals surface area contributed by atoms with Crippen molar-refractivity contribution < 1.29 is 9.85 Å². The van der Waals surface area contributed by atoms with E-state index in [1.807, 2.05) is 0 Å². The lowest BCUT2D eigenvalue weighted by Crippen LogP contribution is -2.22. The average Bonchev–Trinajstić information content (AvgIpc) is 2.90. The van der Waals surface area contributed by atoms with Gasteiger partial charge in [-0.25, -0.2) is 9.67 Å². The highest BCUT2D eigenvalue weighted by Crippen LogP contribution is 2.31. The van der Waals surface area contributed by atoms with Crippen LogP contribution in [0.2, 0.25) is 0 Å². The van der Waals surface area contributed by atoms with Gasteiger partial charge in [-0.2, -0.15) is 5.10 Å². The fraction of sp³-hybridized carbons (Fsp3) is 0.333. The molecule has 2 heterocycles. The summed E-state index contributed by atoms with van der Waals surface area (Å²) in [5.74, 6) is 0.422. The number of benzene rings is 1. The zero-order chi connectivity index (χ0) is 15.0. The number of fused-ring (bicyclic) bond motifs is 1. The number of aryl methyl sites for hydroxylation is 1. The molecule has 0 saturated heterocycles. The largest absolute Gasteiger partial charge is 0.280 e. The zero-order valence-corrected chi connectivity index (χ0v) is 10.9. The number of aromatic nitrogens is 3. The predicted octanol–water partition coefficient (Wildman–Crippen LogP) is 1.96. The van der Waals surface area contributed by atoms with E-state index in [1.54, 1.807) is 18.2 Å². The first-order valence-electron chi connectivity index (χ1n) is 6.40. The van der Waals surface area contributed by atoms with Crippen molar-refractivity contribution in [1.29, 1.82) is 0 Å². The second-order valence-electron chi connectivity index (χ2n) is 4.73. The standard InChI is InChI=1S/C12H11N5O4/c18-16(19)9-5-2-1-4-8(9)11-13-12-10(17(20)21)6-3-7-15(12)14-11/h1-2,4-5,10H,3,6-7H2. The molecule has 21 heavy (non-hydrogen) atoms. The fourth-order valence-electron chi connectivity index (χ4n) is 2.46. The molecule has 1 aliphatic heterocycles. The molecule has 0 spiro atoms. The third-order valence-electron chi connectivity index (χ3n) is 3.44. The van der Waals surface area contributed by atoms with Crippen LogP contribution in [0.15, 0.2) is 24.3 Å². The molecule has 3 rings (SSSR count). The maximum atomic E-state index is 11.1. The minimum Gasteiger partial charge on any atom is -0.264 e. The fourth-order valence-corrected chi connectivity index (χ4v) is 2.46. The highest BCUT2D eigenvalue weighted by Gasteiger charge is 2.34. The van der Waals surface area contributed by atoms with Gasteiger partial charge in [-0.1, -0.05) is 12.1 Å². The molecule has 0 fully saturated rings. The number of nitro groups is 2.